The third-order valence-corrected chi connectivity index (χ3v) is 4.76. The number of pyridine rings is 1. The number of nitrogens with zero attached hydrogens (tertiary/aromatic N) is 1. The van der Waals surface area contributed by atoms with Gasteiger partial charge >= 0.3 is 0 Å². The number of hydrogen-bond acceptors (Lipinski definition) is 2. The maximum atomic E-state index is 9.57. The van der Waals surface area contributed by atoms with Gasteiger partial charge in [0.2, 0.25) is 0 Å². The number of aryl methyl sites for hydroxylation is 1. The van der Waals surface area contributed by atoms with Gasteiger partial charge in [-0.2, -0.15) is 0 Å². The van der Waals surface area contributed by atoms with E-state index in [0.29, 0.717) is 5.75 Å². The van der Waals surface area contributed by atoms with Gasteiger partial charge in [-0.3, -0.25) is 4.98 Å². The maximum Gasteiger partial charge on any atom is 0.116 e. The molecule has 0 radical (unpaired) electrons. The van der Waals surface area contributed by atoms with Crippen LogP contribution < -0.4 is 0 Å². The Labute approximate surface area is 150 Å². The summed E-state index contributed by atoms with van der Waals surface area (Å²) < 4.78 is 0. The van der Waals surface area contributed by atoms with E-state index in [1.165, 1.54) is 44.1 Å². The van der Waals surface area contributed by atoms with Crippen LogP contribution in [0.5, 0.6) is 5.75 Å². The lowest BCUT2D eigenvalue weighted by Crippen LogP contribution is -1.90. The summed E-state index contributed by atoms with van der Waals surface area (Å²) in [6.07, 6.45) is 11.1. The summed E-state index contributed by atoms with van der Waals surface area (Å²) >= 11 is 0. The Morgan fingerprint density at radius 2 is 1.56 bits per heavy atom. The highest BCUT2D eigenvalue weighted by atomic mass is 16.3. The standard InChI is InChI=1S/C23H27NO/c1-2-3-4-5-6-7-8-18-9-14-23(24-17-18)21-11-10-20-16-22(25)13-12-19(20)15-21/h9-17,25H,2-8H2,1H3. The largest absolute Gasteiger partial charge is 0.508 e. The molecule has 2 heteroatoms. The molecule has 1 heterocycles. The summed E-state index contributed by atoms with van der Waals surface area (Å²) in [6.45, 7) is 2.26. The summed E-state index contributed by atoms with van der Waals surface area (Å²) in [5, 5.41) is 11.7. The first-order valence-electron chi connectivity index (χ1n) is 9.44. The van der Waals surface area contributed by atoms with Gasteiger partial charge in [0.25, 0.3) is 0 Å². The molecule has 1 aromatic heterocycles. The van der Waals surface area contributed by atoms with Gasteiger partial charge in [0.15, 0.2) is 0 Å². The zero-order valence-corrected chi connectivity index (χ0v) is 15.0. The third kappa shape index (κ3) is 4.82. The third-order valence-electron chi connectivity index (χ3n) is 4.76. The van der Waals surface area contributed by atoms with Gasteiger partial charge in [0, 0.05) is 11.8 Å². The lowest BCUT2D eigenvalue weighted by Gasteiger charge is -2.06. The zero-order chi connectivity index (χ0) is 17.5. The van der Waals surface area contributed by atoms with Crippen molar-refractivity contribution >= 4 is 10.8 Å². The van der Waals surface area contributed by atoms with Gasteiger partial charge in [-0.05, 0) is 53.4 Å². The highest BCUT2D eigenvalue weighted by molar-refractivity contribution is 5.87. The second-order valence-electron chi connectivity index (χ2n) is 6.82. The van der Waals surface area contributed by atoms with Crippen LogP contribution in [0.15, 0.2) is 54.7 Å². The Morgan fingerprint density at radius 1 is 0.800 bits per heavy atom. The Kier molecular flexibility index (Phi) is 6.05. The molecule has 3 rings (SSSR count). The quantitative estimate of drug-likeness (QED) is 0.477. The summed E-state index contributed by atoms with van der Waals surface area (Å²) in [5.74, 6) is 0.303. The molecule has 0 aliphatic rings. The number of aromatic nitrogens is 1. The molecule has 0 aliphatic heterocycles. The summed E-state index contributed by atoms with van der Waals surface area (Å²) in [6, 6.07) is 16.0. The molecule has 0 saturated heterocycles. The Bertz CT molecular complexity index is 808. The average Bonchev–Trinajstić information content (AvgIpc) is 2.64. The molecule has 3 aromatic rings. The van der Waals surface area contributed by atoms with Crippen LogP contribution >= 0.6 is 0 Å². The minimum atomic E-state index is 0.303. The van der Waals surface area contributed by atoms with Crippen LogP contribution in [0.3, 0.4) is 0 Å². The molecule has 0 saturated carbocycles. The molecule has 2 aromatic carbocycles. The SMILES string of the molecule is CCCCCCCCc1ccc(-c2ccc3cc(O)ccc3c2)nc1. The number of rotatable bonds is 8. The molecule has 0 spiro atoms. The highest BCUT2D eigenvalue weighted by Gasteiger charge is 2.03. The van der Waals surface area contributed by atoms with E-state index in [2.05, 4.69) is 36.2 Å². The van der Waals surface area contributed by atoms with Crippen molar-refractivity contribution in [3.8, 4) is 17.0 Å². The predicted octanol–water partition coefficient (Wildman–Crippen LogP) is 6.51. The van der Waals surface area contributed by atoms with Gasteiger partial charge in [-0.25, -0.2) is 0 Å². The highest BCUT2D eigenvalue weighted by Crippen LogP contribution is 2.26. The normalized spacial score (nSPS) is 11.1. The molecule has 0 bridgehead atoms. The van der Waals surface area contributed by atoms with Crippen molar-refractivity contribution in [2.45, 2.75) is 51.9 Å². The van der Waals surface area contributed by atoms with E-state index in [9.17, 15) is 5.11 Å². The van der Waals surface area contributed by atoms with Crippen molar-refractivity contribution in [2.75, 3.05) is 0 Å². The number of hydrogen-bond donors (Lipinski definition) is 1. The van der Waals surface area contributed by atoms with Gasteiger partial charge < -0.3 is 5.11 Å². The number of unbranched alkanes of at least 4 members (excludes halogenated alkanes) is 5. The van der Waals surface area contributed by atoms with E-state index < -0.39 is 0 Å². The first-order valence-corrected chi connectivity index (χ1v) is 9.44. The molecule has 0 aliphatic carbocycles. The number of fused-ring (bicyclic) bond motifs is 1. The smallest absolute Gasteiger partial charge is 0.116 e. The monoisotopic (exact) mass is 333 g/mol. The van der Waals surface area contributed by atoms with E-state index in [-0.39, 0.29) is 0 Å². The van der Waals surface area contributed by atoms with E-state index in [1.807, 2.05) is 18.3 Å². The van der Waals surface area contributed by atoms with Crippen molar-refractivity contribution in [3.05, 3.63) is 60.3 Å². The van der Waals surface area contributed by atoms with Crippen LogP contribution in [0.1, 0.15) is 51.0 Å². The fourth-order valence-electron chi connectivity index (χ4n) is 3.25. The summed E-state index contributed by atoms with van der Waals surface area (Å²) in [4.78, 5) is 4.65. The van der Waals surface area contributed by atoms with Crippen LogP contribution in [-0.4, -0.2) is 10.1 Å². The Morgan fingerprint density at radius 3 is 2.36 bits per heavy atom. The van der Waals surface area contributed by atoms with E-state index in [0.717, 1.165) is 28.5 Å². The minimum absolute atomic E-state index is 0.303. The van der Waals surface area contributed by atoms with Gasteiger partial charge in [-0.15, -0.1) is 0 Å². The lowest BCUT2D eigenvalue weighted by molar-refractivity contribution is 0.476. The van der Waals surface area contributed by atoms with Gasteiger partial charge in [0.05, 0.1) is 5.69 Å². The molecule has 0 amide bonds. The molecule has 0 atom stereocenters. The van der Waals surface area contributed by atoms with Crippen molar-refractivity contribution in [3.63, 3.8) is 0 Å². The molecule has 1 N–H and O–H groups in total. The molecule has 0 fully saturated rings. The molecule has 2 nitrogen and oxygen atoms in total. The molecule has 130 valence electrons. The molecule has 0 unspecified atom stereocenters. The van der Waals surface area contributed by atoms with E-state index >= 15 is 0 Å². The molecule has 25 heavy (non-hydrogen) atoms. The van der Waals surface area contributed by atoms with Crippen molar-refractivity contribution < 1.29 is 5.11 Å². The first-order chi connectivity index (χ1) is 12.3. The van der Waals surface area contributed by atoms with Gasteiger partial charge in [-0.1, -0.05) is 63.3 Å². The number of benzene rings is 2. The zero-order valence-electron chi connectivity index (χ0n) is 15.0. The van der Waals surface area contributed by atoms with Crippen LogP contribution in [0.4, 0.5) is 0 Å². The van der Waals surface area contributed by atoms with Crippen LogP contribution in [0.25, 0.3) is 22.0 Å². The van der Waals surface area contributed by atoms with Crippen molar-refractivity contribution in [1.29, 1.82) is 0 Å². The van der Waals surface area contributed by atoms with Gasteiger partial charge in [0.1, 0.15) is 5.75 Å². The van der Waals surface area contributed by atoms with Crippen LogP contribution in [0, 0.1) is 0 Å². The maximum absolute atomic E-state index is 9.57. The van der Waals surface area contributed by atoms with E-state index in [1.54, 1.807) is 12.1 Å². The minimum Gasteiger partial charge on any atom is -0.508 e. The average molecular weight is 333 g/mol. The van der Waals surface area contributed by atoms with Crippen LogP contribution in [0.2, 0.25) is 0 Å². The fourth-order valence-corrected chi connectivity index (χ4v) is 3.25. The van der Waals surface area contributed by atoms with Crippen LogP contribution in [-0.2, 0) is 6.42 Å². The summed E-state index contributed by atoms with van der Waals surface area (Å²) in [7, 11) is 0. The lowest BCUT2D eigenvalue weighted by atomic mass is 10.0. The topological polar surface area (TPSA) is 33.1 Å². The fraction of sp³-hybridized carbons (Fsp3) is 0.348. The molecular formula is C23H27NO. The van der Waals surface area contributed by atoms with Crippen molar-refractivity contribution in [2.24, 2.45) is 0 Å². The number of phenolic OH excluding ortho intramolecular Hbond substituents is 1. The Hall–Kier alpha value is -2.35. The predicted molar refractivity (Wildman–Crippen MR) is 106 cm³/mol. The second-order valence-corrected chi connectivity index (χ2v) is 6.82. The van der Waals surface area contributed by atoms with Crippen molar-refractivity contribution in [1.82, 2.24) is 4.98 Å². The van der Waals surface area contributed by atoms with E-state index in [4.69, 9.17) is 0 Å². The second kappa shape index (κ2) is 8.66. The summed E-state index contributed by atoms with van der Waals surface area (Å²) in [5.41, 5.74) is 3.44. The number of aromatic hydroxyl groups is 1. The molecular weight excluding hydrogens is 306 g/mol. The Balaban J connectivity index is 1.61. The first kappa shape index (κ1) is 17.5. The number of phenols is 1.